The Morgan fingerprint density at radius 1 is 1.08 bits per heavy atom. The van der Waals surface area contributed by atoms with E-state index in [1.807, 2.05) is 0 Å². The van der Waals surface area contributed by atoms with Crippen molar-refractivity contribution >= 4 is 23.8 Å². The highest BCUT2D eigenvalue weighted by molar-refractivity contribution is 5.77. The van der Waals surface area contributed by atoms with Crippen molar-refractivity contribution in [3.05, 3.63) is 18.2 Å². The summed E-state index contributed by atoms with van der Waals surface area (Å²) in [5, 5.41) is 24.2. The fourth-order valence-corrected chi connectivity index (χ4v) is 1.14. The predicted octanol–water partition coefficient (Wildman–Crippen LogP) is -2.94. The van der Waals surface area contributed by atoms with Gasteiger partial charge in [-0.05, 0) is 6.42 Å². The standard InChI is InChI=1S/C6H9N3O2.C5H10N2O3.C2H5NO2/c7-5(6(10)11)1-4-2-8-3-9-4;6-3(5(9)10)1-2-4(7)8;3-1-2(4)5/h2-3,5H,1,7H2,(H,8,9)(H,10,11);3H,1-2,6H2,(H2,7,8)(H,9,10);1,3H2,(H,4,5)/t5-;3-;/m00./s1. The molecule has 1 aromatic rings. The van der Waals surface area contributed by atoms with Gasteiger partial charge in [-0.15, -0.1) is 0 Å². The van der Waals surface area contributed by atoms with Gasteiger partial charge in [0.15, 0.2) is 0 Å². The first kappa shape index (κ1) is 25.2. The molecule has 0 unspecified atom stereocenters. The lowest BCUT2D eigenvalue weighted by molar-refractivity contribution is -0.139. The van der Waals surface area contributed by atoms with E-state index in [9.17, 15) is 19.2 Å². The molecule has 12 N–H and O–H groups in total. The molecule has 0 aliphatic heterocycles. The molecule has 13 heteroatoms. The Hall–Kier alpha value is -3.03. The lowest BCUT2D eigenvalue weighted by Crippen LogP contribution is -2.32. The maximum Gasteiger partial charge on any atom is 0.320 e. The summed E-state index contributed by atoms with van der Waals surface area (Å²) in [5.41, 5.74) is 20.4. The fraction of sp³-hybridized carbons (Fsp3) is 0.462. The molecule has 1 heterocycles. The molecule has 1 rings (SSSR count). The Morgan fingerprint density at radius 3 is 1.88 bits per heavy atom. The number of carboxylic acid groups (broad SMARTS) is 3. The number of carbonyl (C=O) groups is 4. The van der Waals surface area contributed by atoms with Crippen molar-refractivity contribution in [2.75, 3.05) is 6.54 Å². The fourth-order valence-electron chi connectivity index (χ4n) is 1.14. The first-order valence-electron chi connectivity index (χ1n) is 7.15. The van der Waals surface area contributed by atoms with Crippen LogP contribution in [-0.4, -0.2) is 67.7 Å². The first-order chi connectivity index (χ1) is 12.0. The summed E-state index contributed by atoms with van der Waals surface area (Å²) in [6.07, 6.45) is 3.46. The second-order valence-corrected chi connectivity index (χ2v) is 4.77. The number of nitrogens with one attached hydrogen (secondary N) is 1. The molecule has 0 aromatic carbocycles. The largest absolute Gasteiger partial charge is 0.480 e. The molecular formula is C13H24N6O7. The normalized spacial score (nSPS) is 11.7. The second-order valence-electron chi connectivity index (χ2n) is 4.77. The number of nitrogens with zero attached hydrogens (tertiary/aromatic N) is 1. The number of rotatable bonds is 8. The summed E-state index contributed by atoms with van der Waals surface area (Å²) in [6.45, 7) is -0.278. The Kier molecular flexibility index (Phi) is 13.9. The van der Waals surface area contributed by atoms with Crippen LogP contribution < -0.4 is 22.9 Å². The number of aromatic amines is 1. The van der Waals surface area contributed by atoms with Crippen LogP contribution in [0, 0.1) is 0 Å². The second kappa shape index (κ2) is 14.3. The van der Waals surface area contributed by atoms with Gasteiger partial charge >= 0.3 is 17.9 Å². The summed E-state index contributed by atoms with van der Waals surface area (Å²) in [5.74, 6) is -3.61. The Bertz CT molecular complexity index is 563. The summed E-state index contributed by atoms with van der Waals surface area (Å²) >= 11 is 0. The quantitative estimate of drug-likeness (QED) is 0.227. The minimum absolute atomic E-state index is 0.0213. The highest BCUT2D eigenvalue weighted by Gasteiger charge is 2.12. The maximum absolute atomic E-state index is 10.3. The lowest BCUT2D eigenvalue weighted by atomic mass is 10.2. The zero-order valence-electron chi connectivity index (χ0n) is 13.9. The van der Waals surface area contributed by atoms with Crippen LogP contribution in [0.4, 0.5) is 0 Å². The van der Waals surface area contributed by atoms with Crippen LogP contribution in [0.2, 0.25) is 0 Å². The van der Waals surface area contributed by atoms with Crippen LogP contribution in [-0.2, 0) is 25.6 Å². The summed E-state index contributed by atoms with van der Waals surface area (Å²) in [4.78, 5) is 46.1. The van der Waals surface area contributed by atoms with E-state index in [1.54, 1.807) is 6.20 Å². The van der Waals surface area contributed by atoms with Gasteiger partial charge in [-0.25, -0.2) is 4.98 Å². The van der Waals surface area contributed by atoms with Crippen LogP contribution >= 0.6 is 0 Å². The summed E-state index contributed by atoms with van der Waals surface area (Å²) in [7, 11) is 0. The van der Waals surface area contributed by atoms with Crippen LogP contribution in [0.5, 0.6) is 0 Å². The molecule has 0 aliphatic carbocycles. The average molecular weight is 376 g/mol. The number of aromatic nitrogens is 2. The summed E-state index contributed by atoms with van der Waals surface area (Å²) < 4.78 is 0. The number of H-pyrrole nitrogens is 1. The van der Waals surface area contributed by atoms with Crippen LogP contribution in [0.25, 0.3) is 0 Å². The molecule has 2 atom stereocenters. The average Bonchev–Trinajstić information content (AvgIpc) is 3.06. The molecule has 0 aliphatic rings. The van der Waals surface area contributed by atoms with Gasteiger partial charge in [0.2, 0.25) is 5.91 Å². The number of amides is 1. The number of nitrogens with two attached hydrogens (primary N) is 4. The van der Waals surface area contributed by atoms with Gasteiger partial charge in [0.1, 0.15) is 12.1 Å². The third-order valence-electron chi connectivity index (χ3n) is 2.51. The minimum Gasteiger partial charge on any atom is -0.480 e. The molecule has 13 nitrogen and oxygen atoms in total. The van der Waals surface area contributed by atoms with Crippen molar-refractivity contribution in [3.8, 4) is 0 Å². The number of hydrogen-bond donors (Lipinski definition) is 8. The zero-order chi connectivity index (χ0) is 20.7. The Morgan fingerprint density at radius 2 is 1.58 bits per heavy atom. The molecule has 0 saturated carbocycles. The van der Waals surface area contributed by atoms with E-state index in [0.29, 0.717) is 0 Å². The van der Waals surface area contributed by atoms with Crippen LogP contribution in [0.15, 0.2) is 12.5 Å². The molecule has 1 aromatic heterocycles. The van der Waals surface area contributed by atoms with Gasteiger partial charge in [-0.1, -0.05) is 0 Å². The third-order valence-corrected chi connectivity index (χ3v) is 2.51. The maximum atomic E-state index is 10.3. The molecule has 0 bridgehead atoms. The van der Waals surface area contributed by atoms with Crippen molar-refractivity contribution in [2.24, 2.45) is 22.9 Å². The molecule has 0 radical (unpaired) electrons. The highest BCUT2D eigenvalue weighted by Crippen LogP contribution is 1.95. The number of hydrogen-bond acceptors (Lipinski definition) is 8. The van der Waals surface area contributed by atoms with E-state index in [4.69, 9.17) is 32.5 Å². The Balaban J connectivity index is 0. The number of carbonyl (C=O) groups excluding carboxylic acids is 1. The molecule has 26 heavy (non-hydrogen) atoms. The van der Waals surface area contributed by atoms with Gasteiger partial charge < -0.3 is 43.2 Å². The van der Waals surface area contributed by atoms with Gasteiger partial charge in [0.25, 0.3) is 0 Å². The molecule has 0 spiro atoms. The van der Waals surface area contributed by atoms with Crippen molar-refractivity contribution in [2.45, 2.75) is 31.3 Å². The van der Waals surface area contributed by atoms with Gasteiger partial charge in [-0.2, -0.15) is 0 Å². The smallest absolute Gasteiger partial charge is 0.320 e. The van der Waals surface area contributed by atoms with E-state index in [2.05, 4.69) is 15.7 Å². The van der Waals surface area contributed by atoms with E-state index in [1.165, 1.54) is 6.33 Å². The number of imidazole rings is 1. The number of primary amides is 1. The van der Waals surface area contributed by atoms with E-state index < -0.39 is 35.9 Å². The molecular weight excluding hydrogens is 352 g/mol. The number of carboxylic acids is 3. The van der Waals surface area contributed by atoms with Gasteiger partial charge in [0.05, 0.1) is 12.9 Å². The predicted molar refractivity (Wildman–Crippen MR) is 88.6 cm³/mol. The van der Waals surface area contributed by atoms with Crippen molar-refractivity contribution in [1.82, 2.24) is 9.97 Å². The van der Waals surface area contributed by atoms with Gasteiger partial charge in [0, 0.05) is 24.7 Å². The van der Waals surface area contributed by atoms with Crippen LogP contribution in [0.1, 0.15) is 18.5 Å². The van der Waals surface area contributed by atoms with Gasteiger partial charge in [-0.3, -0.25) is 19.2 Å². The molecule has 0 saturated heterocycles. The topological polar surface area (TPSA) is 262 Å². The summed E-state index contributed by atoms with van der Waals surface area (Å²) in [6, 6.07) is -1.83. The Labute approximate surface area is 148 Å². The highest BCUT2D eigenvalue weighted by atomic mass is 16.4. The minimum atomic E-state index is -1.11. The van der Waals surface area contributed by atoms with Crippen molar-refractivity contribution < 1.29 is 34.5 Å². The van der Waals surface area contributed by atoms with E-state index in [-0.39, 0.29) is 25.8 Å². The van der Waals surface area contributed by atoms with Crippen LogP contribution in [0.3, 0.4) is 0 Å². The lowest BCUT2D eigenvalue weighted by Gasteiger charge is -2.02. The van der Waals surface area contributed by atoms with Crippen molar-refractivity contribution in [3.63, 3.8) is 0 Å². The SMILES string of the molecule is NC(=O)CC[C@H](N)C(=O)O.NCC(=O)O.N[C@@H](Cc1cnc[nH]1)C(=O)O. The van der Waals surface area contributed by atoms with E-state index >= 15 is 0 Å². The first-order valence-corrected chi connectivity index (χ1v) is 7.15. The molecule has 1 amide bonds. The molecule has 0 fully saturated rings. The monoisotopic (exact) mass is 376 g/mol. The molecule has 148 valence electrons. The van der Waals surface area contributed by atoms with E-state index in [0.717, 1.165) is 5.69 Å². The number of aliphatic carboxylic acids is 3. The third kappa shape index (κ3) is 15.9. The van der Waals surface area contributed by atoms with Crippen molar-refractivity contribution in [1.29, 1.82) is 0 Å². The zero-order valence-corrected chi connectivity index (χ0v) is 13.9.